The molecule has 3 heteroatoms. The predicted octanol–water partition coefficient (Wildman–Crippen LogP) is 2.04. The van der Waals surface area contributed by atoms with Crippen molar-refractivity contribution >= 4 is 0 Å². The molecule has 17 heavy (non-hydrogen) atoms. The van der Waals surface area contributed by atoms with Crippen molar-refractivity contribution < 1.29 is 9.84 Å². The van der Waals surface area contributed by atoms with Gasteiger partial charge in [0.25, 0.3) is 0 Å². The van der Waals surface area contributed by atoms with E-state index >= 15 is 0 Å². The van der Waals surface area contributed by atoms with Crippen molar-refractivity contribution in [3.63, 3.8) is 0 Å². The average Bonchev–Trinajstić information content (AvgIpc) is 2.79. The van der Waals surface area contributed by atoms with Gasteiger partial charge < -0.3 is 9.84 Å². The summed E-state index contributed by atoms with van der Waals surface area (Å²) < 4.78 is 5.90. The summed E-state index contributed by atoms with van der Waals surface area (Å²) in [5, 5.41) is 9.47. The maximum atomic E-state index is 9.47. The van der Waals surface area contributed by atoms with Crippen molar-refractivity contribution in [2.75, 3.05) is 13.1 Å². The third-order valence-electron chi connectivity index (χ3n) is 3.34. The Hall–Kier alpha value is -1.06. The smallest absolute Gasteiger partial charge is 0.119 e. The SMILES string of the molecule is CCc1ccc(OC2CCN(C(C)O)C2)cc1. The Labute approximate surface area is 103 Å². The topological polar surface area (TPSA) is 32.7 Å². The number of hydrogen-bond acceptors (Lipinski definition) is 3. The van der Waals surface area contributed by atoms with Crippen molar-refractivity contribution in [3.05, 3.63) is 29.8 Å². The van der Waals surface area contributed by atoms with Crippen LogP contribution in [-0.2, 0) is 6.42 Å². The highest BCUT2D eigenvalue weighted by Crippen LogP contribution is 2.20. The van der Waals surface area contributed by atoms with E-state index in [4.69, 9.17) is 4.74 Å². The molecule has 0 amide bonds. The second kappa shape index (κ2) is 5.52. The van der Waals surface area contributed by atoms with Gasteiger partial charge in [0.15, 0.2) is 0 Å². The molecule has 2 unspecified atom stereocenters. The summed E-state index contributed by atoms with van der Waals surface area (Å²) in [5.41, 5.74) is 1.33. The van der Waals surface area contributed by atoms with Gasteiger partial charge in [-0.2, -0.15) is 0 Å². The van der Waals surface area contributed by atoms with Crippen LogP contribution in [0.2, 0.25) is 0 Å². The van der Waals surface area contributed by atoms with E-state index in [0.717, 1.165) is 31.7 Å². The Bertz CT molecular complexity index is 348. The molecule has 0 aliphatic carbocycles. The molecule has 2 atom stereocenters. The highest BCUT2D eigenvalue weighted by atomic mass is 16.5. The second-order valence-electron chi connectivity index (χ2n) is 4.65. The molecule has 0 radical (unpaired) electrons. The van der Waals surface area contributed by atoms with E-state index in [1.165, 1.54) is 5.56 Å². The van der Waals surface area contributed by atoms with Crippen molar-refractivity contribution in [1.82, 2.24) is 4.90 Å². The van der Waals surface area contributed by atoms with Crippen LogP contribution in [0.5, 0.6) is 5.75 Å². The van der Waals surface area contributed by atoms with Gasteiger partial charge in [0, 0.05) is 13.1 Å². The van der Waals surface area contributed by atoms with Gasteiger partial charge in [0.1, 0.15) is 18.1 Å². The summed E-state index contributed by atoms with van der Waals surface area (Å²) in [6.07, 6.45) is 1.88. The fourth-order valence-electron chi connectivity index (χ4n) is 2.19. The Balaban J connectivity index is 1.89. The fourth-order valence-corrected chi connectivity index (χ4v) is 2.19. The molecule has 0 aromatic heterocycles. The molecule has 1 heterocycles. The molecule has 1 aromatic carbocycles. The highest BCUT2D eigenvalue weighted by molar-refractivity contribution is 5.27. The minimum atomic E-state index is -0.369. The van der Waals surface area contributed by atoms with Gasteiger partial charge in [0.05, 0.1) is 0 Å². The normalized spacial score (nSPS) is 22.6. The van der Waals surface area contributed by atoms with Crippen molar-refractivity contribution in [3.8, 4) is 5.75 Å². The van der Waals surface area contributed by atoms with Gasteiger partial charge in [-0.3, -0.25) is 4.90 Å². The van der Waals surface area contributed by atoms with E-state index in [2.05, 4.69) is 19.1 Å². The first-order valence-corrected chi connectivity index (χ1v) is 6.36. The van der Waals surface area contributed by atoms with E-state index in [9.17, 15) is 5.11 Å². The van der Waals surface area contributed by atoms with Crippen LogP contribution in [0.3, 0.4) is 0 Å². The van der Waals surface area contributed by atoms with Crippen LogP contribution in [0, 0.1) is 0 Å². The van der Waals surface area contributed by atoms with Crippen molar-refractivity contribution in [2.45, 2.75) is 39.0 Å². The molecule has 1 aromatic rings. The Morgan fingerprint density at radius 2 is 2.12 bits per heavy atom. The molecule has 1 fully saturated rings. The van der Waals surface area contributed by atoms with Crippen LogP contribution in [0.1, 0.15) is 25.8 Å². The third-order valence-corrected chi connectivity index (χ3v) is 3.34. The Morgan fingerprint density at radius 1 is 1.41 bits per heavy atom. The molecule has 3 nitrogen and oxygen atoms in total. The summed E-state index contributed by atoms with van der Waals surface area (Å²) in [4.78, 5) is 2.03. The number of aryl methyl sites for hydroxylation is 1. The molecule has 94 valence electrons. The number of nitrogens with zero attached hydrogens (tertiary/aromatic N) is 1. The number of rotatable bonds is 4. The molecule has 1 N–H and O–H groups in total. The van der Waals surface area contributed by atoms with Gasteiger partial charge in [0.2, 0.25) is 0 Å². The number of ether oxygens (including phenoxy) is 1. The minimum absolute atomic E-state index is 0.206. The zero-order valence-electron chi connectivity index (χ0n) is 10.6. The van der Waals surface area contributed by atoms with Gasteiger partial charge >= 0.3 is 0 Å². The third kappa shape index (κ3) is 3.20. The van der Waals surface area contributed by atoms with Crippen LogP contribution >= 0.6 is 0 Å². The quantitative estimate of drug-likeness (QED) is 0.867. The summed E-state index contributed by atoms with van der Waals surface area (Å²) in [6.45, 7) is 5.67. The number of aliphatic hydroxyl groups excluding tert-OH is 1. The maximum absolute atomic E-state index is 9.47. The highest BCUT2D eigenvalue weighted by Gasteiger charge is 2.26. The number of likely N-dealkylation sites (tertiary alicyclic amines) is 1. The Kier molecular flexibility index (Phi) is 4.02. The van der Waals surface area contributed by atoms with Crippen LogP contribution in [0.4, 0.5) is 0 Å². The monoisotopic (exact) mass is 235 g/mol. The first-order chi connectivity index (χ1) is 8.19. The molecule has 1 aliphatic heterocycles. The van der Waals surface area contributed by atoms with Gasteiger partial charge in [-0.05, 0) is 37.5 Å². The summed E-state index contributed by atoms with van der Waals surface area (Å²) >= 11 is 0. The van der Waals surface area contributed by atoms with E-state index in [1.54, 1.807) is 6.92 Å². The molecule has 0 bridgehead atoms. The second-order valence-corrected chi connectivity index (χ2v) is 4.65. The molecule has 1 aliphatic rings. The minimum Gasteiger partial charge on any atom is -0.489 e. The van der Waals surface area contributed by atoms with Gasteiger partial charge in [-0.15, -0.1) is 0 Å². The molecule has 0 spiro atoms. The average molecular weight is 235 g/mol. The van der Waals surface area contributed by atoms with E-state index in [0.29, 0.717) is 0 Å². The molecule has 0 saturated carbocycles. The van der Waals surface area contributed by atoms with Crippen LogP contribution in [0.15, 0.2) is 24.3 Å². The molecule has 1 saturated heterocycles. The lowest BCUT2D eigenvalue weighted by molar-refractivity contribution is 0.0291. The summed E-state index contributed by atoms with van der Waals surface area (Å²) in [5.74, 6) is 0.930. The molecular weight excluding hydrogens is 214 g/mol. The molecular formula is C14H21NO2. The van der Waals surface area contributed by atoms with Crippen LogP contribution in [-0.4, -0.2) is 35.4 Å². The van der Waals surface area contributed by atoms with Crippen LogP contribution in [0.25, 0.3) is 0 Å². The van der Waals surface area contributed by atoms with E-state index in [-0.39, 0.29) is 12.3 Å². The zero-order chi connectivity index (χ0) is 12.3. The fraction of sp³-hybridized carbons (Fsp3) is 0.571. The summed E-state index contributed by atoms with van der Waals surface area (Å²) in [6, 6.07) is 8.28. The maximum Gasteiger partial charge on any atom is 0.119 e. The zero-order valence-corrected chi connectivity index (χ0v) is 10.6. The lowest BCUT2D eigenvalue weighted by Gasteiger charge is -2.19. The number of benzene rings is 1. The Morgan fingerprint density at radius 3 is 2.65 bits per heavy atom. The van der Waals surface area contributed by atoms with E-state index in [1.807, 2.05) is 17.0 Å². The molecule has 2 rings (SSSR count). The first kappa shape index (κ1) is 12.4. The predicted molar refractivity (Wildman–Crippen MR) is 68.1 cm³/mol. The van der Waals surface area contributed by atoms with Gasteiger partial charge in [-0.25, -0.2) is 0 Å². The number of aliphatic hydroxyl groups is 1. The van der Waals surface area contributed by atoms with E-state index < -0.39 is 0 Å². The first-order valence-electron chi connectivity index (χ1n) is 6.36. The van der Waals surface area contributed by atoms with Crippen molar-refractivity contribution in [2.24, 2.45) is 0 Å². The standard InChI is InChI=1S/C14H21NO2/c1-3-12-4-6-13(7-5-12)17-14-8-9-15(10-14)11(2)16/h4-7,11,14,16H,3,8-10H2,1-2H3. The number of hydrogen-bond donors (Lipinski definition) is 1. The van der Waals surface area contributed by atoms with Gasteiger partial charge in [-0.1, -0.05) is 19.1 Å². The summed E-state index contributed by atoms with van der Waals surface area (Å²) in [7, 11) is 0. The van der Waals surface area contributed by atoms with Crippen LogP contribution < -0.4 is 4.74 Å². The lowest BCUT2D eigenvalue weighted by Crippen LogP contribution is -2.32. The largest absolute Gasteiger partial charge is 0.489 e. The lowest BCUT2D eigenvalue weighted by atomic mass is 10.2. The van der Waals surface area contributed by atoms with Crippen molar-refractivity contribution in [1.29, 1.82) is 0 Å².